The molecule has 0 radical (unpaired) electrons. The summed E-state index contributed by atoms with van der Waals surface area (Å²) in [5.74, 6) is 1.23. The van der Waals surface area contributed by atoms with Crippen LogP contribution >= 0.6 is 11.8 Å². The summed E-state index contributed by atoms with van der Waals surface area (Å²) in [6, 6.07) is 2.04. The molecule has 0 aliphatic carbocycles. The van der Waals surface area contributed by atoms with E-state index >= 15 is 0 Å². The van der Waals surface area contributed by atoms with Crippen LogP contribution < -0.4 is 5.32 Å². The molecule has 0 saturated heterocycles. The molecule has 3 aromatic rings. The molecule has 0 saturated carbocycles. The highest BCUT2D eigenvalue weighted by molar-refractivity contribution is 7.99. The summed E-state index contributed by atoms with van der Waals surface area (Å²) in [4.78, 5) is 0. The summed E-state index contributed by atoms with van der Waals surface area (Å²) < 4.78 is 3.62. The van der Waals surface area contributed by atoms with Crippen molar-refractivity contribution in [1.82, 2.24) is 34.6 Å². The van der Waals surface area contributed by atoms with Gasteiger partial charge in [-0.3, -0.25) is 0 Å². The average Bonchev–Trinajstić information content (AvgIpc) is 3.12. The third-order valence-corrected chi connectivity index (χ3v) is 4.23. The Bertz CT molecular complexity index is 762. The van der Waals surface area contributed by atoms with E-state index in [2.05, 4.69) is 44.7 Å². The third kappa shape index (κ3) is 3.03. The number of rotatable bonds is 6. The van der Waals surface area contributed by atoms with Crippen LogP contribution in [0.3, 0.4) is 0 Å². The fraction of sp³-hybridized carbons (Fsp3) is 0.462. The maximum Gasteiger partial charge on any atom is 0.200 e. The molecule has 0 spiro atoms. The number of anilines is 1. The zero-order valence-corrected chi connectivity index (χ0v) is 13.6. The van der Waals surface area contributed by atoms with Gasteiger partial charge in [-0.2, -0.15) is 9.61 Å². The Balaban J connectivity index is 1.68. The molecule has 0 aliphatic heterocycles. The average molecular weight is 318 g/mol. The number of hydrogen-bond donors (Lipinski definition) is 1. The van der Waals surface area contributed by atoms with Crippen molar-refractivity contribution in [3.8, 4) is 0 Å². The number of hydrogen-bond acceptors (Lipinski definition) is 7. The van der Waals surface area contributed by atoms with Gasteiger partial charge in [0.25, 0.3) is 0 Å². The van der Waals surface area contributed by atoms with Crippen LogP contribution in [0.4, 0.5) is 5.69 Å². The highest BCUT2D eigenvalue weighted by Gasteiger charge is 2.10. The van der Waals surface area contributed by atoms with Crippen molar-refractivity contribution >= 4 is 23.1 Å². The van der Waals surface area contributed by atoms with Crippen molar-refractivity contribution in [3.05, 3.63) is 24.4 Å². The van der Waals surface area contributed by atoms with Crippen LogP contribution in [0.15, 0.2) is 23.9 Å². The van der Waals surface area contributed by atoms with E-state index in [0.717, 1.165) is 34.5 Å². The van der Waals surface area contributed by atoms with E-state index in [1.165, 1.54) is 0 Å². The Kier molecular flexibility index (Phi) is 4.23. The fourth-order valence-electron chi connectivity index (χ4n) is 1.99. The van der Waals surface area contributed by atoms with Gasteiger partial charge in [-0.15, -0.1) is 20.4 Å². The molecule has 0 fully saturated rings. The van der Waals surface area contributed by atoms with Crippen molar-refractivity contribution < 1.29 is 0 Å². The van der Waals surface area contributed by atoms with Crippen molar-refractivity contribution in [3.63, 3.8) is 0 Å². The molecule has 3 rings (SSSR count). The monoisotopic (exact) mass is 318 g/mol. The number of nitrogens with zero attached hydrogens (tertiary/aromatic N) is 7. The Morgan fingerprint density at radius 3 is 2.77 bits per heavy atom. The first kappa shape index (κ1) is 14.8. The Labute approximate surface area is 132 Å². The smallest absolute Gasteiger partial charge is 0.200 e. The van der Waals surface area contributed by atoms with E-state index < -0.39 is 0 Å². The maximum atomic E-state index is 4.50. The second-order valence-electron chi connectivity index (χ2n) is 5.24. The van der Waals surface area contributed by atoms with Gasteiger partial charge in [-0.1, -0.05) is 25.6 Å². The summed E-state index contributed by atoms with van der Waals surface area (Å²) in [5, 5.41) is 24.8. The number of aromatic nitrogens is 7. The van der Waals surface area contributed by atoms with Crippen molar-refractivity contribution in [2.24, 2.45) is 7.05 Å². The third-order valence-electron chi connectivity index (χ3n) is 3.20. The minimum absolute atomic E-state index is 0.348. The summed E-state index contributed by atoms with van der Waals surface area (Å²) >= 11 is 1.66. The lowest BCUT2D eigenvalue weighted by Crippen LogP contribution is -2.09. The Morgan fingerprint density at radius 1 is 1.23 bits per heavy atom. The van der Waals surface area contributed by atoms with Gasteiger partial charge in [0.15, 0.2) is 5.16 Å². The number of nitrogens with one attached hydrogen (secondary N) is 1. The molecule has 0 bridgehead atoms. The molecule has 1 N–H and O–H groups in total. The van der Waals surface area contributed by atoms with Gasteiger partial charge in [-0.05, 0) is 12.0 Å². The molecule has 0 amide bonds. The summed E-state index contributed by atoms with van der Waals surface area (Å²) in [6.45, 7) is 5.03. The highest BCUT2D eigenvalue weighted by atomic mass is 32.2. The van der Waals surface area contributed by atoms with Crippen molar-refractivity contribution in [1.29, 1.82) is 0 Å². The van der Waals surface area contributed by atoms with Crippen LogP contribution in [0, 0.1) is 0 Å². The molecule has 8 nitrogen and oxygen atoms in total. The molecule has 0 aliphatic rings. The van der Waals surface area contributed by atoms with E-state index in [1.54, 1.807) is 28.9 Å². The van der Waals surface area contributed by atoms with Gasteiger partial charge >= 0.3 is 0 Å². The molecule has 9 heteroatoms. The quantitative estimate of drug-likeness (QED) is 0.545. The second-order valence-corrected chi connectivity index (χ2v) is 6.30. The van der Waals surface area contributed by atoms with Gasteiger partial charge in [0.2, 0.25) is 5.65 Å². The van der Waals surface area contributed by atoms with Crippen molar-refractivity contribution in [2.45, 2.75) is 24.9 Å². The lowest BCUT2D eigenvalue weighted by atomic mass is 10.1. The lowest BCUT2D eigenvalue weighted by molar-refractivity contribution is 0.762. The van der Waals surface area contributed by atoms with E-state index in [-0.39, 0.29) is 0 Å². The predicted molar refractivity (Wildman–Crippen MR) is 85.1 cm³/mol. The summed E-state index contributed by atoms with van der Waals surface area (Å²) in [5.41, 5.74) is 2.71. The fourth-order valence-corrected chi connectivity index (χ4v) is 2.73. The molecular weight excluding hydrogens is 300 g/mol. The van der Waals surface area contributed by atoms with Gasteiger partial charge in [0.1, 0.15) is 12.7 Å². The molecule has 22 heavy (non-hydrogen) atoms. The van der Waals surface area contributed by atoms with Crippen LogP contribution in [0.5, 0.6) is 0 Å². The highest BCUT2D eigenvalue weighted by Crippen LogP contribution is 2.20. The van der Waals surface area contributed by atoms with E-state index in [4.69, 9.17) is 0 Å². The summed E-state index contributed by atoms with van der Waals surface area (Å²) in [7, 11) is 1.94. The largest absolute Gasteiger partial charge is 0.381 e. The molecule has 0 atom stereocenters. The lowest BCUT2D eigenvalue weighted by Gasteiger charge is -2.10. The van der Waals surface area contributed by atoms with Crippen LogP contribution in [0.1, 0.15) is 25.5 Å². The van der Waals surface area contributed by atoms with Gasteiger partial charge in [0.05, 0.1) is 11.4 Å². The van der Waals surface area contributed by atoms with Gasteiger partial charge in [0, 0.05) is 19.3 Å². The maximum absolute atomic E-state index is 4.50. The first-order valence-corrected chi connectivity index (χ1v) is 8.05. The standard InChI is InChI=1S/C13H18N8S/c1-9(2)10-6-11(12-17-16-8-21(12)19-10)14-4-5-22-13-18-15-7-20(13)3/h6-9,14H,4-5H2,1-3H3. The topological polar surface area (TPSA) is 85.8 Å². The Morgan fingerprint density at radius 2 is 2.05 bits per heavy atom. The van der Waals surface area contributed by atoms with E-state index in [1.807, 2.05) is 17.7 Å². The zero-order chi connectivity index (χ0) is 15.5. The normalized spacial score (nSPS) is 11.5. The second kappa shape index (κ2) is 6.30. The van der Waals surface area contributed by atoms with Gasteiger partial charge in [-0.25, -0.2) is 0 Å². The van der Waals surface area contributed by atoms with E-state index in [9.17, 15) is 0 Å². The van der Waals surface area contributed by atoms with Crippen LogP contribution in [-0.2, 0) is 7.05 Å². The zero-order valence-electron chi connectivity index (χ0n) is 12.8. The van der Waals surface area contributed by atoms with Gasteiger partial charge < -0.3 is 9.88 Å². The minimum Gasteiger partial charge on any atom is -0.381 e. The molecule has 0 aromatic carbocycles. The number of fused-ring (bicyclic) bond motifs is 1. The minimum atomic E-state index is 0.348. The summed E-state index contributed by atoms with van der Waals surface area (Å²) in [6.07, 6.45) is 3.33. The molecule has 3 aromatic heterocycles. The molecule has 3 heterocycles. The van der Waals surface area contributed by atoms with Crippen LogP contribution in [-0.4, -0.2) is 46.9 Å². The molecule has 116 valence electrons. The Hall–Kier alpha value is -2.16. The molecular formula is C13H18N8S. The van der Waals surface area contributed by atoms with Crippen LogP contribution in [0.2, 0.25) is 0 Å². The van der Waals surface area contributed by atoms with E-state index in [0.29, 0.717) is 5.92 Å². The predicted octanol–water partition coefficient (Wildman–Crippen LogP) is 1.58. The number of aryl methyl sites for hydroxylation is 1. The first-order chi connectivity index (χ1) is 10.6. The SMILES string of the molecule is CC(C)c1cc(NCCSc2nncn2C)c2nncn2n1. The number of thioether (sulfide) groups is 1. The van der Waals surface area contributed by atoms with Crippen LogP contribution in [0.25, 0.3) is 5.65 Å². The van der Waals surface area contributed by atoms with Crippen molar-refractivity contribution in [2.75, 3.05) is 17.6 Å². The first-order valence-electron chi connectivity index (χ1n) is 7.07. The molecule has 0 unspecified atom stereocenters.